The SMILES string of the molecule is CC1(C)C2=C(CCC=C2)c2c1ccc1c2Oc2cccc(-c3ccc(C(=N)N)cc3)c2O1. The molecule has 1 aliphatic heterocycles. The van der Waals surface area contributed by atoms with Crippen molar-refractivity contribution in [3.63, 3.8) is 0 Å². The molecule has 4 heteroatoms. The van der Waals surface area contributed by atoms with E-state index in [0.717, 1.165) is 41.2 Å². The number of hydrogen-bond donors (Lipinski definition) is 2. The number of allylic oxidation sites excluding steroid dienone is 4. The van der Waals surface area contributed by atoms with E-state index < -0.39 is 0 Å². The topological polar surface area (TPSA) is 68.3 Å². The van der Waals surface area contributed by atoms with Gasteiger partial charge in [-0.3, -0.25) is 5.41 Å². The van der Waals surface area contributed by atoms with Crippen LogP contribution in [-0.4, -0.2) is 5.84 Å². The lowest BCUT2D eigenvalue weighted by Crippen LogP contribution is -2.16. The van der Waals surface area contributed by atoms with Crippen LogP contribution in [0.2, 0.25) is 0 Å². The van der Waals surface area contributed by atoms with E-state index in [9.17, 15) is 0 Å². The van der Waals surface area contributed by atoms with Crippen LogP contribution < -0.4 is 15.2 Å². The van der Waals surface area contributed by atoms with Gasteiger partial charge < -0.3 is 15.2 Å². The Hall–Kier alpha value is -3.79. The molecule has 0 amide bonds. The standard InChI is InChI=1S/C28H24N2O2/c1-28(2)20-8-4-3-6-19(20)24-21(28)14-15-23-26(24)32-22-9-5-7-18(25(22)31-23)16-10-12-17(13-11-16)27(29)30/h4-5,7-15H,3,6H2,1-2H3,(H3,29,30). The summed E-state index contributed by atoms with van der Waals surface area (Å²) in [6.45, 7) is 4.58. The van der Waals surface area contributed by atoms with Crippen LogP contribution in [0.15, 0.2) is 72.3 Å². The number of fused-ring (bicyclic) bond motifs is 5. The molecule has 3 aliphatic rings. The Morgan fingerprint density at radius 2 is 1.69 bits per heavy atom. The van der Waals surface area contributed by atoms with E-state index in [1.807, 2.05) is 48.5 Å². The first kappa shape index (κ1) is 18.9. The van der Waals surface area contributed by atoms with E-state index in [2.05, 4.69) is 32.1 Å². The molecule has 0 radical (unpaired) electrons. The van der Waals surface area contributed by atoms with Crippen molar-refractivity contribution in [3.8, 4) is 34.1 Å². The number of ether oxygens (including phenoxy) is 2. The predicted octanol–water partition coefficient (Wildman–Crippen LogP) is 6.93. The molecule has 3 aromatic carbocycles. The second kappa shape index (κ2) is 6.60. The molecule has 0 saturated heterocycles. The van der Waals surface area contributed by atoms with Crippen molar-refractivity contribution in [2.45, 2.75) is 32.1 Å². The molecule has 0 aromatic heterocycles. The van der Waals surface area contributed by atoms with Gasteiger partial charge in [0.1, 0.15) is 5.84 Å². The fourth-order valence-electron chi connectivity index (χ4n) is 5.20. The summed E-state index contributed by atoms with van der Waals surface area (Å²) in [7, 11) is 0. The van der Waals surface area contributed by atoms with Crippen LogP contribution in [0.3, 0.4) is 0 Å². The maximum atomic E-state index is 7.62. The maximum absolute atomic E-state index is 7.62. The third-order valence-electron chi connectivity index (χ3n) is 6.85. The van der Waals surface area contributed by atoms with E-state index in [1.165, 1.54) is 22.3 Å². The number of nitrogens with one attached hydrogen (secondary N) is 1. The fourth-order valence-corrected chi connectivity index (χ4v) is 5.20. The van der Waals surface area contributed by atoms with Gasteiger partial charge in [-0.15, -0.1) is 0 Å². The zero-order chi connectivity index (χ0) is 22.0. The van der Waals surface area contributed by atoms with Crippen molar-refractivity contribution in [1.82, 2.24) is 0 Å². The van der Waals surface area contributed by atoms with Crippen LogP contribution in [0.25, 0.3) is 16.7 Å². The van der Waals surface area contributed by atoms with E-state index in [1.54, 1.807) is 0 Å². The average molecular weight is 421 g/mol. The normalized spacial score (nSPS) is 16.9. The van der Waals surface area contributed by atoms with Gasteiger partial charge in [0.2, 0.25) is 0 Å². The highest BCUT2D eigenvalue weighted by Crippen LogP contribution is 2.59. The quantitative estimate of drug-likeness (QED) is 0.273. The zero-order valence-corrected chi connectivity index (χ0v) is 18.2. The lowest BCUT2D eigenvalue weighted by molar-refractivity contribution is 0.359. The molecule has 3 N–H and O–H groups in total. The van der Waals surface area contributed by atoms with Gasteiger partial charge in [0.25, 0.3) is 0 Å². The van der Waals surface area contributed by atoms with Crippen LogP contribution in [0, 0.1) is 5.41 Å². The van der Waals surface area contributed by atoms with Gasteiger partial charge in [0.15, 0.2) is 23.0 Å². The summed E-state index contributed by atoms with van der Waals surface area (Å²) in [4.78, 5) is 0. The molecular weight excluding hydrogens is 396 g/mol. The van der Waals surface area contributed by atoms with Crippen LogP contribution in [0.1, 0.15) is 43.4 Å². The summed E-state index contributed by atoms with van der Waals surface area (Å²) in [6, 6.07) is 17.8. The van der Waals surface area contributed by atoms with Gasteiger partial charge in [0, 0.05) is 22.1 Å². The Morgan fingerprint density at radius 3 is 2.47 bits per heavy atom. The minimum atomic E-state index is -0.0411. The van der Waals surface area contributed by atoms with E-state index >= 15 is 0 Å². The second-order valence-electron chi connectivity index (χ2n) is 9.10. The van der Waals surface area contributed by atoms with Crippen LogP contribution in [-0.2, 0) is 5.41 Å². The van der Waals surface area contributed by atoms with Crippen LogP contribution in [0.4, 0.5) is 0 Å². The van der Waals surface area contributed by atoms with Gasteiger partial charge in [0.05, 0.1) is 0 Å². The largest absolute Gasteiger partial charge is 0.449 e. The molecule has 1 heterocycles. The Bertz CT molecular complexity index is 1360. The number of hydrogen-bond acceptors (Lipinski definition) is 3. The minimum Gasteiger partial charge on any atom is -0.449 e. The summed E-state index contributed by atoms with van der Waals surface area (Å²) in [5.74, 6) is 3.07. The third-order valence-corrected chi connectivity index (χ3v) is 6.85. The summed E-state index contributed by atoms with van der Waals surface area (Å²) in [5.41, 5.74) is 13.5. The molecule has 158 valence electrons. The number of para-hydroxylation sites is 1. The molecular formula is C28H24N2O2. The first-order chi connectivity index (χ1) is 15.4. The Morgan fingerprint density at radius 1 is 0.938 bits per heavy atom. The van der Waals surface area contributed by atoms with Crippen molar-refractivity contribution in [2.24, 2.45) is 5.73 Å². The predicted molar refractivity (Wildman–Crippen MR) is 128 cm³/mol. The van der Waals surface area contributed by atoms with Crippen molar-refractivity contribution >= 4 is 11.4 Å². The minimum absolute atomic E-state index is 0.0411. The summed E-state index contributed by atoms with van der Waals surface area (Å²) in [6.07, 6.45) is 6.63. The van der Waals surface area contributed by atoms with Crippen LogP contribution >= 0.6 is 0 Å². The molecule has 32 heavy (non-hydrogen) atoms. The zero-order valence-electron chi connectivity index (χ0n) is 18.2. The molecule has 6 rings (SSSR count). The number of nitrogens with two attached hydrogens (primary N) is 1. The van der Waals surface area contributed by atoms with Crippen molar-refractivity contribution < 1.29 is 9.47 Å². The van der Waals surface area contributed by atoms with E-state index in [4.69, 9.17) is 20.6 Å². The summed E-state index contributed by atoms with van der Waals surface area (Å²) >= 11 is 0. The Balaban J connectivity index is 1.47. The highest BCUT2D eigenvalue weighted by Gasteiger charge is 2.41. The number of benzene rings is 3. The van der Waals surface area contributed by atoms with Crippen LogP contribution in [0.5, 0.6) is 23.0 Å². The number of nitrogen functional groups attached to an aromatic ring is 1. The summed E-state index contributed by atoms with van der Waals surface area (Å²) in [5, 5.41) is 7.62. The van der Waals surface area contributed by atoms with Crippen molar-refractivity contribution in [3.05, 3.63) is 89.0 Å². The van der Waals surface area contributed by atoms with Gasteiger partial charge in [-0.25, -0.2) is 0 Å². The molecule has 0 bridgehead atoms. The lowest BCUT2D eigenvalue weighted by atomic mass is 9.80. The monoisotopic (exact) mass is 420 g/mol. The molecule has 0 fully saturated rings. The Kier molecular flexibility index (Phi) is 3.91. The summed E-state index contributed by atoms with van der Waals surface area (Å²) < 4.78 is 13.0. The fraction of sp³-hybridized carbons (Fsp3) is 0.179. The van der Waals surface area contributed by atoms with Gasteiger partial charge >= 0.3 is 0 Å². The average Bonchev–Trinajstić information content (AvgIpc) is 3.05. The molecule has 0 unspecified atom stereocenters. The first-order valence-electron chi connectivity index (χ1n) is 11.0. The molecule has 4 nitrogen and oxygen atoms in total. The molecule has 2 aliphatic carbocycles. The smallest absolute Gasteiger partial charge is 0.177 e. The maximum Gasteiger partial charge on any atom is 0.177 e. The van der Waals surface area contributed by atoms with E-state index in [0.29, 0.717) is 11.3 Å². The van der Waals surface area contributed by atoms with Gasteiger partial charge in [-0.1, -0.05) is 68.5 Å². The van der Waals surface area contributed by atoms with Crippen molar-refractivity contribution in [1.29, 1.82) is 5.41 Å². The highest BCUT2D eigenvalue weighted by molar-refractivity contribution is 5.95. The molecule has 0 saturated carbocycles. The molecule has 0 atom stereocenters. The second-order valence-corrected chi connectivity index (χ2v) is 9.10. The number of rotatable bonds is 2. The third kappa shape index (κ3) is 2.59. The van der Waals surface area contributed by atoms with E-state index in [-0.39, 0.29) is 11.3 Å². The first-order valence-corrected chi connectivity index (χ1v) is 11.0. The molecule has 3 aromatic rings. The number of amidine groups is 1. The van der Waals surface area contributed by atoms with Gasteiger partial charge in [-0.05, 0) is 47.2 Å². The van der Waals surface area contributed by atoms with Gasteiger partial charge in [-0.2, -0.15) is 0 Å². The van der Waals surface area contributed by atoms with Crippen molar-refractivity contribution in [2.75, 3.05) is 0 Å². The highest BCUT2D eigenvalue weighted by atomic mass is 16.6. The lowest BCUT2D eigenvalue weighted by Gasteiger charge is -2.27. The Labute approximate surface area is 187 Å². The molecule has 0 spiro atoms.